The molecule has 0 atom stereocenters. The van der Waals surface area contributed by atoms with Gasteiger partial charge in [-0.15, -0.1) is 0 Å². The number of carbonyl (C=O) groups excluding carboxylic acids is 2. The van der Waals surface area contributed by atoms with Crippen LogP contribution in [0.15, 0.2) is 0 Å². The first-order valence-corrected chi connectivity index (χ1v) is 4.61. The van der Waals surface area contributed by atoms with Gasteiger partial charge in [0.2, 0.25) is 0 Å². The summed E-state index contributed by atoms with van der Waals surface area (Å²) in [5.41, 5.74) is 4.13. The third kappa shape index (κ3) is 5.56. The van der Waals surface area contributed by atoms with E-state index in [0.717, 1.165) is 6.29 Å². The standard InChI is InChI=1S/C10H19NO3/c1-9(2,5-6-12)7-10(3,4)14-8(11)13/h6H,5,7H2,1-4H3,(H2,11,13). The fourth-order valence-electron chi connectivity index (χ4n) is 1.76. The summed E-state index contributed by atoms with van der Waals surface area (Å²) in [5.74, 6) is 0. The van der Waals surface area contributed by atoms with Crippen molar-refractivity contribution in [2.24, 2.45) is 11.1 Å². The average Bonchev–Trinajstić information content (AvgIpc) is 1.78. The molecule has 0 heterocycles. The first-order chi connectivity index (χ1) is 6.18. The van der Waals surface area contributed by atoms with Gasteiger partial charge in [-0.1, -0.05) is 13.8 Å². The van der Waals surface area contributed by atoms with Crippen LogP contribution in [0.25, 0.3) is 0 Å². The topological polar surface area (TPSA) is 69.4 Å². The molecule has 0 rings (SSSR count). The number of amides is 1. The summed E-state index contributed by atoms with van der Waals surface area (Å²) < 4.78 is 4.94. The third-order valence-electron chi connectivity index (χ3n) is 1.92. The molecule has 0 aromatic heterocycles. The molecule has 0 radical (unpaired) electrons. The van der Waals surface area contributed by atoms with Gasteiger partial charge in [0.25, 0.3) is 0 Å². The summed E-state index contributed by atoms with van der Waals surface area (Å²) in [6.07, 6.45) is 1.14. The van der Waals surface area contributed by atoms with E-state index in [1.165, 1.54) is 0 Å². The monoisotopic (exact) mass is 201 g/mol. The Hall–Kier alpha value is -1.06. The molecule has 4 nitrogen and oxygen atoms in total. The predicted molar refractivity (Wildman–Crippen MR) is 53.8 cm³/mol. The lowest BCUT2D eigenvalue weighted by Gasteiger charge is -2.32. The summed E-state index contributed by atoms with van der Waals surface area (Å²) in [6, 6.07) is 0. The number of aldehydes is 1. The lowest BCUT2D eigenvalue weighted by molar-refractivity contribution is -0.110. The van der Waals surface area contributed by atoms with Crippen LogP contribution in [0.1, 0.15) is 40.5 Å². The van der Waals surface area contributed by atoms with Crippen LogP contribution in [0.3, 0.4) is 0 Å². The number of hydrogen-bond acceptors (Lipinski definition) is 3. The Labute approximate surface area is 84.8 Å². The highest BCUT2D eigenvalue weighted by Crippen LogP contribution is 2.32. The van der Waals surface area contributed by atoms with Crippen molar-refractivity contribution in [1.82, 2.24) is 0 Å². The molecule has 82 valence electrons. The first-order valence-electron chi connectivity index (χ1n) is 4.61. The van der Waals surface area contributed by atoms with Crippen LogP contribution in [-0.2, 0) is 9.53 Å². The normalized spacial score (nSPS) is 12.3. The van der Waals surface area contributed by atoms with E-state index in [0.29, 0.717) is 12.8 Å². The maximum absolute atomic E-state index is 10.6. The van der Waals surface area contributed by atoms with Gasteiger partial charge in [0.1, 0.15) is 11.9 Å². The van der Waals surface area contributed by atoms with Gasteiger partial charge in [0, 0.05) is 6.42 Å². The number of nitrogens with two attached hydrogens (primary N) is 1. The highest BCUT2D eigenvalue weighted by Gasteiger charge is 2.31. The Morgan fingerprint density at radius 3 is 2.21 bits per heavy atom. The van der Waals surface area contributed by atoms with E-state index in [2.05, 4.69) is 0 Å². The molecule has 0 saturated heterocycles. The van der Waals surface area contributed by atoms with E-state index < -0.39 is 11.7 Å². The molecule has 0 spiro atoms. The highest BCUT2D eigenvalue weighted by atomic mass is 16.6. The predicted octanol–water partition coefficient (Wildman–Crippen LogP) is 1.87. The van der Waals surface area contributed by atoms with Crippen molar-refractivity contribution in [3.8, 4) is 0 Å². The fraction of sp³-hybridized carbons (Fsp3) is 0.800. The zero-order chi connectivity index (χ0) is 11.4. The molecule has 2 N–H and O–H groups in total. The number of ether oxygens (including phenoxy) is 1. The maximum Gasteiger partial charge on any atom is 0.405 e. The molecule has 1 amide bonds. The molecule has 0 bridgehead atoms. The summed E-state index contributed by atoms with van der Waals surface area (Å²) in [7, 11) is 0. The van der Waals surface area contributed by atoms with Crippen molar-refractivity contribution in [2.45, 2.75) is 46.1 Å². The Morgan fingerprint density at radius 1 is 1.36 bits per heavy atom. The smallest absolute Gasteiger partial charge is 0.405 e. The van der Waals surface area contributed by atoms with Crippen LogP contribution >= 0.6 is 0 Å². The molecule has 4 heteroatoms. The quantitative estimate of drug-likeness (QED) is 0.690. The molecule has 0 aromatic rings. The molecular weight excluding hydrogens is 182 g/mol. The number of primary amides is 1. The average molecular weight is 201 g/mol. The van der Waals surface area contributed by atoms with Crippen molar-refractivity contribution in [3.63, 3.8) is 0 Å². The summed E-state index contributed by atoms with van der Waals surface area (Å²) in [6.45, 7) is 7.47. The maximum atomic E-state index is 10.6. The van der Waals surface area contributed by atoms with Crippen molar-refractivity contribution >= 4 is 12.4 Å². The molecule has 0 aromatic carbocycles. The molecule has 0 aliphatic carbocycles. The second kappa shape index (κ2) is 4.44. The molecule has 0 fully saturated rings. The van der Waals surface area contributed by atoms with E-state index >= 15 is 0 Å². The van der Waals surface area contributed by atoms with Gasteiger partial charge in [-0.2, -0.15) is 0 Å². The number of rotatable bonds is 5. The zero-order valence-electron chi connectivity index (χ0n) is 9.29. The Bertz CT molecular complexity index is 221. The molecule has 0 aliphatic heterocycles. The van der Waals surface area contributed by atoms with Gasteiger partial charge in [-0.05, 0) is 25.7 Å². The van der Waals surface area contributed by atoms with E-state index in [1.54, 1.807) is 13.8 Å². The van der Waals surface area contributed by atoms with E-state index in [1.807, 2.05) is 13.8 Å². The van der Waals surface area contributed by atoms with E-state index in [4.69, 9.17) is 10.5 Å². The van der Waals surface area contributed by atoms with Gasteiger partial charge >= 0.3 is 6.09 Å². The highest BCUT2D eigenvalue weighted by molar-refractivity contribution is 5.65. The third-order valence-corrected chi connectivity index (χ3v) is 1.92. The Morgan fingerprint density at radius 2 is 1.86 bits per heavy atom. The van der Waals surface area contributed by atoms with Gasteiger partial charge in [0.05, 0.1) is 0 Å². The van der Waals surface area contributed by atoms with E-state index in [9.17, 15) is 9.59 Å². The summed E-state index contributed by atoms with van der Waals surface area (Å²) >= 11 is 0. The second-order valence-electron chi connectivity index (χ2n) is 4.89. The Balaban J connectivity index is 4.32. The fourth-order valence-corrected chi connectivity index (χ4v) is 1.76. The number of carbonyl (C=O) groups is 2. The minimum absolute atomic E-state index is 0.180. The van der Waals surface area contributed by atoms with Crippen molar-refractivity contribution in [2.75, 3.05) is 0 Å². The lowest BCUT2D eigenvalue weighted by atomic mass is 9.79. The van der Waals surface area contributed by atoms with Crippen molar-refractivity contribution in [3.05, 3.63) is 0 Å². The lowest BCUT2D eigenvalue weighted by Crippen LogP contribution is -2.35. The minimum atomic E-state index is -0.781. The van der Waals surface area contributed by atoms with Crippen LogP contribution in [0, 0.1) is 5.41 Å². The van der Waals surface area contributed by atoms with E-state index in [-0.39, 0.29) is 5.41 Å². The first kappa shape index (κ1) is 12.9. The SMILES string of the molecule is CC(C)(CC=O)CC(C)(C)OC(N)=O. The minimum Gasteiger partial charge on any atom is -0.444 e. The van der Waals surface area contributed by atoms with Crippen LogP contribution < -0.4 is 5.73 Å². The zero-order valence-corrected chi connectivity index (χ0v) is 9.29. The largest absolute Gasteiger partial charge is 0.444 e. The number of hydrogen-bond donors (Lipinski definition) is 1. The molecule has 0 unspecified atom stereocenters. The van der Waals surface area contributed by atoms with Crippen LogP contribution in [0.2, 0.25) is 0 Å². The summed E-state index contributed by atoms with van der Waals surface area (Å²) in [4.78, 5) is 21.0. The van der Waals surface area contributed by atoms with Crippen molar-refractivity contribution < 1.29 is 14.3 Å². The van der Waals surface area contributed by atoms with Gasteiger partial charge < -0.3 is 15.3 Å². The Kier molecular flexibility index (Phi) is 4.10. The van der Waals surface area contributed by atoms with Crippen molar-refractivity contribution in [1.29, 1.82) is 0 Å². The van der Waals surface area contributed by atoms with Crippen LogP contribution in [-0.4, -0.2) is 18.0 Å². The van der Waals surface area contributed by atoms with Gasteiger partial charge in [-0.25, -0.2) is 4.79 Å². The molecule has 0 aliphatic rings. The second-order valence-corrected chi connectivity index (χ2v) is 4.89. The van der Waals surface area contributed by atoms with Gasteiger partial charge in [0.15, 0.2) is 0 Å². The molecule has 14 heavy (non-hydrogen) atoms. The van der Waals surface area contributed by atoms with Crippen LogP contribution in [0.4, 0.5) is 4.79 Å². The molecular formula is C10H19NO3. The van der Waals surface area contributed by atoms with Gasteiger partial charge in [-0.3, -0.25) is 0 Å². The molecule has 0 saturated carbocycles. The summed E-state index contributed by atoms with van der Waals surface area (Å²) in [5, 5.41) is 0. The van der Waals surface area contributed by atoms with Crippen LogP contribution in [0.5, 0.6) is 0 Å².